The van der Waals surface area contributed by atoms with Crippen LogP contribution in [-0.4, -0.2) is 61.8 Å². The summed E-state index contributed by atoms with van der Waals surface area (Å²) in [7, 11) is 0. The predicted octanol–water partition coefficient (Wildman–Crippen LogP) is 3.74. The lowest BCUT2D eigenvalue weighted by molar-refractivity contribution is -0.0980. The van der Waals surface area contributed by atoms with Gasteiger partial charge in [0.15, 0.2) is 0 Å². The van der Waals surface area contributed by atoms with Crippen molar-refractivity contribution in [3.63, 3.8) is 0 Å². The minimum Gasteiger partial charge on any atom is -0.384 e. The maximum atomic E-state index is 12.6. The SMILES string of the molecule is C=O.CCNC(=O)c1ccc(N2CCN(Cc3cc(C)c4c5c(c(=O)[nH]c4c3)CCCN5)CC2)c(Cl)c1. The van der Waals surface area contributed by atoms with Gasteiger partial charge in [-0.1, -0.05) is 17.7 Å². The molecular formula is C28H34ClN5O3. The van der Waals surface area contributed by atoms with E-state index in [1.807, 2.05) is 25.8 Å². The quantitative estimate of drug-likeness (QED) is 0.471. The molecule has 2 aliphatic heterocycles. The van der Waals surface area contributed by atoms with E-state index in [0.717, 1.165) is 80.0 Å². The molecule has 0 saturated carbocycles. The Kier molecular flexibility index (Phi) is 8.51. The van der Waals surface area contributed by atoms with Gasteiger partial charge in [-0.15, -0.1) is 0 Å². The highest BCUT2D eigenvalue weighted by Crippen LogP contribution is 2.32. The van der Waals surface area contributed by atoms with E-state index in [1.54, 1.807) is 6.07 Å². The van der Waals surface area contributed by atoms with E-state index in [1.165, 1.54) is 11.1 Å². The zero-order valence-corrected chi connectivity index (χ0v) is 22.2. The number of fused-ring (bicyclic) bond motifs is 3. The second kappa shape index (κ2) is 11.8. The van der Waals surface area contributed by atoms with Crippen LogP contribution in [-0.2, 0) is 17.8 Å². The number of carbonyl (C=O) groups excluding carboxylic acids is 2. The van der Waals surface area contributed by atoms with Crippen molar-refractivity contribution in [3.05, 3.63) is 68.0 Å². The highest BCUT2D eigenvalue weighted by molar-refractivity contribution is 6.33. The van der Waals surface area contributed by atoms with Gasteiger partial charge in [0.1, 0.15) is 6.79 Å². The van der Waals surface area contributed by atoms with E-state index in [0.29, 0.717) is 17.1 Å². The van der Waals surface area contributed by atoms with Crippen LogP contribution in [0.15, 0.2) is 35.1 Å². The normalized spacial score (nSPS) is 15.4. The molecular weight excluding hydrogens is 490 g/mol. The molecule has 5 rings (SSSR count). The van der Waals surface area contributed by atoms with Crippen molar-refractivity contribution < 1.29 is 9.59 Å². The van der Waals surface area contributed by atoms with Crippen LogP contribution in [0.5, 0.6) is 0 Å². The number of H-pyrrole nitrogens is 1. The first-order chi connectivity index (χ1) is 17.9. The maximum Gasteiger partial charge on any atom is 0.253 e. The van der Waals surface area contributed by atoms with Gasteiger partial charge in [0, 0.05) is 62.3 Å². The zero-order valence-electron chi connectivity index (χ0n) is 21.5. The smallest absolute Gasteiger partial charge is 0.253 e. The number of nitrogens with zero attached hydrogens (tertiary/aromatic N) is 2. The molecule has 8 nitrogen and oxygen atoms in total. The van der Waals surface area contributed by atoms with Gasteiger partial charge in [-0.05, 0) is 62.1 Å². The number of halogens is 1. The Morgan fingerprint density at radius 3 is 2.59 bits per heavy atom. The van der Waals surface area contributed by atoms with Crippen LogP contribution >= 0.6 is 11.6 Å². The summed E-state index contributed by atoms with van der Waals surface area (Å²) in [6.45, 7) is 11.9. The summed E-state index contributed by atoms with van der Waals surface area (Å²) in [6.07, 6.45) is 1.83. The third-order valence-electron chi connectivity index (χ3n) is 7.04. The third kappa shape index (κ3) is 5.65. The van der Waals surface area contributed by atoms with Crippen LogP contribution in [0.4, 0.5) is 11.4 Å². The highest BCUT2D eigenvalue weighted by Gasteiger charge is 2.22. The van der Waals surface area contributed by atoms with Gasteiger partial charge in [-0.3, -0.25) is 14.5 Å². The van der Waals surface area contributed by atoms with Crippen molar-refractivity contribution in [3.8, 4) is 0 Å². The summed E-state index contributed by atoms with van der Waals surface area (Å²) < 4.78 is 0. The maximum absolute atomic E-state index is 12.6. The molecule has 1 saturated heterocycles. The Labute approximate surface area is 222 Å². The molecule has 0 bridgehead atoms. The zero-order chi connectivity index (χ0) is 26.5. The number of carbonyl (C=O) groups is 2. The number of rotatable bonds is 5. The highest BCUT2D eigenvalue weighted by atomic mass is 35.5. The molecule has 0 spiro atoms. The van der Waals surface area contributed by atoms with Gasteiger partial charge in [-0.2, -0.15) is 0 Å². The first-order valence-electron chi connectivity index (χ1n) is 12.7. The first kappa shape index (κ1) is 26.7. The molecule has 2 aliphatic rings. The van der Waals surface area contributed by atoms with Crippen LogP contribution in [0.3, 0.4) is 0 Å². The number of anilines is 2. The fourth-order valence-corrected chi connectivity index (χ4v) is 5.63. The molecule has 1 aromatic heterocycles. The fourth-order valence-electron chi connectivity index (χ4n) is 5.33. The summed E-state index contributed by atoms with van der Waals surface area (Å²) in [5, 5.41) is 8.01. The summed E-state index contributed by atoms with van der Waals surface area (Å²) in [5.74, 6) is -0.103. The van der Waals surface area contributed by atoms with Crippen LogP contribution in [0.25, 0.3) is 10.9 Å². The largest absolute Gasteiger partial charge is 0.384 e. The fraction of sp³-hybridized carbons (Fsp3) is 0.393. The summed E-state index contributed by atoms with van der Waals surface area (Å²) in [4.78, 5) is 40.6. The van der Waals surface area contributed by atoms with Crippen LogP contribution in [0.2, 0.25) is 5.02 Å². The van der Waals surface area contributed by atoms with Crippen LogP contribution in [0.1, 0.15) is 40.4 Å². The van der Waals surface area contributed by atoms with Gasteiger partial charge < -0.3 is 25.3 Å². The van der Waals surface area contributed by atoms with E-state index in [4.69, 9.17) is 16.4 Å². The molecule has 3 aromatic rings. The lowest BCUT2D eigenvalue weighted by atomic mass is 9.97. The Balaban J connectivity index is 0.00000156. The molecule has 3 heterocycles. The van der Waals surface area contributed by atoms with Crippen molar-refractivity contribution in [2.75, 3.05) is 49.5 Å². The molecule has 1 fully saturated rings. The number of aryl methyl sites for hydroxylation is 1. The number of hydrogen-bond acceptors (Lipinski definition) is 6. The van der Waals surface area contributed by atoms with Crippen molar-refractivity contribution in [1.29, 1.82) is 0 Å². The second-order valence-electron chi connectivity index (χ2n) is 9.46. The Morgan fingerprint density at radius 1 is 1.14 bits per heavy atom. The summed E-state index contributed by atoms with van der Waals surface area (Å²) in [5.41, 5.74) is 6.79. The molecule has 2 aromatic carbocycles. The molecule has 0 aliphatic carbocycles. The Hall–Kier alpha value is -3.36. The second-order valence-corrected chi connectivity index (χ2v) is 9.87. The van der Waals surface area contributed by atoms with E-state index in [9.17, 15) is 9.59 Å². The van der Waals surface area contributed by atoms with Gasteiger partial charge in [-0.25, -0.2) is 0 Å². The standard InChI is InChI=1S/C27H32ClN5O2.CH2O/c1-3-29-26(34)19-6-7-23(21(28)15-19)33-11-9-32(10-12-33)16-18-13-17(2)24-22(14-18)31-27(35)20-5-4-8-30-25(20)24;1-2/h6-7,13-15,30H,3-5,8-12,16H2,1-2H3,(H,29,34)(H,31,35);1H2. The summed E-state index contributed by atoms with van der Waals surface area (Å²) in [6, 6.07) is 9.91. The number of nitrogens with one attached hydrogen (secondary N) is 3. The van der Waals surface area contributed by atoms with E-state index < -0.39 is 0 Å². The lowest BCUT2D eigenvalue weighted by Crippen LogP contribution is -2.46. The Bertz CT molecular complexity index is 1350. The molecule has 1 amide bonds. The van der Waals surface area contributed by atoms with Crippen molar-refractivity contribution in [2.45, 2.75) is 33.2 Å². The number of aromatic nitrogens is 1. The van der Waals surface area contributed by atoms with Gasteiger partial charge in [0.05, 0.1) is 21.9 Å². The number of piperazine rings is 1. The number of pyridine rings is 1. The molecule has 37 heavy (non-hydrogen) atoms. The van der Waals surface area contributed by atoms with Crippen molar-refractivity contribution >= 4 is 46.6 Å². The number of amides is 1. The van der Waals surface area contributed by atoms with E-state index in [-0.39, 0.29) is 11.5 Å². The van der Waals surface area contributed by atoms with Gasteiger partial charge >= 0.3 is 0 Å². The number of hydrogen-bond donors (Lipinski definition) is 3. The molecule has 3 N–H and O–H groups in total. The van der Waals surface area contributed by atoms with Gasteiger partial charge in [0.25, 0.3) is 11.5 Å². The first-order valence-corrected chi connectivity index (χ1v) is 13.1. The third-order valence-corrected chi connectivity index (χ3v) is 7.34. The van der Waals surface area contributed by atoms with Crippen LogP contribution < -0.4 is 21.1 Å². The minimum absolute atomic E-state index is 0.0277. The number of benzene rings is 2. The lowest BCUT2D eigenvalue weighted by Gasteiger charge is -2.36. The van der Waals surface area contributed by atoms with E-state index >= 15 is 0 Å². The molecule has 0 unspecified atom stereocenters. The average molecular weight is 524 g/mol. The molecule has 9 heteroatoms. The van der Waals surface area contributed by atoms with Crippen molar-refractivity contribution in [1.82, 2.24) is 15.2 Å². The van der Waals surface area contributed by atoms with Gasteiger partial charge in [0.2, 0.25) is 0 Å². The average Bonchev–Trinajstić information content (AvgIpc) is 2.90. The molecule has 0 atom stereocenters. The minimum atomic E-state index is -0.103. The molecule has 0 radical (unpaired) electrons. The molecule has 196 valence electrons. The van der Waals surface area contributed by atoms with Crippen LogP contribution in [0, 0.1) is 6.92 Å². The van der Waals surface area contributed by atoms with Crippen molar-refractivity contribution in [2.24, 2.45) is 0 Å². The topological polar surface area (TPSA) is 97.5 Å². The Morgan fingerprint density at radius 2 is 1.89 bits per heavy atom. The summed E-state index contributed by atoms with van der Waals surface area (Å²) >= 11 is 6.54. The predicted molar refractivity (Wildman–Crippen MR) is 150 cm³/mol. The number of aromatic amines is 1. The van der Waals surface area contributed by atoms with E-state index in [2.05, 4.69) is 44.5 Å². The monoisotopic (exact) mass is 523 g/mol.